The fourth-order valence-electron chi connectivity index (χ4n) is 3.04. The number of hydrogen-bond donors (Lipinski definition) is 2. The fourth-order valence-corrected chi connectivity index (χ4v) is 3.04. The lowest BCUT2D eigenvalue weighted by molar-refractivity contribution is -0.129. The van der Waals surface area contributed by atoms with Crippen LogP contribution in [-0.2, 0) is 9.59 Å². The van der Waals surface area contributed by atoms with Gasteiger partial charge < -0.3 is 15.8 Å². The van der Waals surface area contributed by atoms with E-state index in [0.717, 1.165) is 5.56 Å². The molecule has 6 nitrogen and oxygen atoms in total. The van der Waals surface area contributed by atoms with Crippen LogP contribution in [0.25, 0.3) is 0 Å². The average Bonchev–Trinajstić information content (AvgIpc) is 2.79. The van der Waals surface area contributed by atoms with Crippen molar-refractivity contribution in [2.75, 3.05) is 7.11 Å². The zero-order chi connectivity index (χ0) is 18.1. The second kappa shape index (κ2) is 6.63. The number of methoxy groups -OCH3 is 1. The van der Waals surface area contributed by atoms with E-state index in [9.17, 15) is 14.4 Å². The minimum atomic E-state index is -0.758. The molecule has 24 heavy (non-hydrogen) atoms. The predicted octanol–water partition coefficient (Wildman–Crippen LogP) is 1.77. The fraction of sp³-hybridized carbons (Fsp3) is 0.500. The highest BCUT2D eigenvalue weighted by atomic mass is 16.5. The van der Waals surface area contributed by atoms with E-state index in [2.05, 4.69) is 5.32 Å². The Balaban J connectivity index is 2.14. The molecule has 2 unspecified atom stereocenters. The molecule has 2 atom stereocenters. The van der Waals surface area contributed by atoms with Crippen LogP contribution in [0.3, 0.4) is 0 Å². The largest absolute Gasteiger partial charge is 0.497 e. The Morgan fingerprint density at radius 3 is 2.58 bits per heavy atom. The molecule has 0 heterocycles. The molecule has 0 saturated carbocycles. The van der Waals surface area contributed by atoms with E-state index in [1.165, 1.54) is 0 Å². The minimum Gasteiger partial charge on any atom is -0.497 e. The van der Waals surface area contributed by atoms with Gasteiger partial charge in [0.15, 0.2) is 5.78 Å². The molecule has 0 radical (unpaired) electrons. The number of hydrogen-bond acceptors (Lipinski definition) is 4. The smallest absolute Gasteiger partial charge is 0.240 e. The highest BCUT2D eigenvalue weighted by Crippen LogP contribution is 2.37. The number of ether oxygens (including phenoxy) is 1. The van der Waals surface area contributed by atoms with Gasteiger partial charge in [-0.3, -0.25) is 14.4 Å². The normalized spacial score (nSPS) is 18.0. The summed E-state index contributed by atoms with van der Waals surface area (Å²) in [7, 11) is 1.56. The van der Waals surface area contributed by atoms with Gasteiger partial charge >= 0.3 is 0 Å². The second-order valence-electron chi connectivity index (χ2n) is 7.25. The molecule has 6 heteroatoms. The van der Waals surface area contributed by atoms with Crippen molar-refractivity contribution < 1.29 is 19.1 Å². The number of rotatable bonds is 5. The van der Waals surface area contributed by atoms with Gasteiger partial charge in [-0.2, -0.15) is 0 Å². The van der Waals surface area contributed by atoms with E-state index < -0.39 is 17.4 Å². The number of benzene rings is 1. The number of primary amides is 1. The van der Waals surface area contributed by atoms with Crippen LogP contribution in [0.4, 0.5) is 0 Å². The van der Waals surface area contributed by atoms with Crippen LogP contribution >= 0.6 is 0 Å². The van der Waals surface area contributed by atoms with Crippen molar-refractivity contribution in [3.05, 3.63) is 29.3 Å². The standard InChI is InChI=1S/C18H24N2O4/c1-18(2,3)16(17(19)23)20-15(22)8-10-7-14(21)12-6-5-11(24-4)9-13(10)12/h5-6,9-10,16H,7-8H2,1-4H3,(H2,19,23)(H,20,22). The average molecular weight is 332 g/mol. The highest BCUT2D eigenvalue weighted by Gasteiger charge is 2.34. The van der Waals surface area contributed by atoms with Crippen LogP contribution in [0.2, 0.25) is 0 Å². The van der Waals surface area contributed by atoms with Crippen molar-refractivity contribution in [1.29, 1.82) is 0 Å². The Kier molecular flexibility index (Phi) is 4.96. The van der Waals surface area contributed by atoms with E-state index in [-0.39, 0.29) is 30.4 Å². The Bertz CT molecular complexity index is 676. The summed E-state index contributed by atoms with van der Waals surface area (Å²) in [5.74, 6) is -0.398. The van der Waals surface area contributed by atoms with E-state index >= 15 is 0 Å². The van der Waals surface area contributed by atoms with Crippen LogP contribution < -0.4 is 15.8 Å². The van der Waals surface area contributed by atoms with Crippen LogP contribution in [0.15, 0.2) is 18.2 Å². The van der Waals surface area contributed by atoms with Crippen molar-refractivity contribution in [2.45, 2.75) is 45.6 Å². The quantitative estimate of drug-likeness (QED) is 0.858. The maximum Gasteiger partial charge on any atom is 0.240 e. The molecular formula is C18H24N2O4. The number of nitrogens with one attached hydrogen (secondary N) is 1. The molecule has 0 saturated heterocycles. The Morgan fingerprint density at radius 1 is 1.38 bits per heavy atom. The van der Waals surface area contributed by atoms with Crippen molar-refractivity contribution in [3.8, 4) is 5.75 Å². The number of carbonyl (C=O) groups is 3. The van der Waals surface area contributed by atoms with E-state index in [0.29, 0.717) is 11.3 Å². The number of fused-ring (bicyclic) bond motifs is 1. The van der Waals surface area contributed by atoms with Crippen molar-refractivity contribution in [3.63, 3.8) is 0 Å². The number of amides is 2. The molecule has 2 amide bonds. The van der Waals surface area contributed by atoms with Gasteiger partial charge in [0.1, 0.15) is 11.8 Å². The van der Waals surface area contributed by atoms with E-state index in [1.54, 1.807) is 25.3 Å². The van der Waals surface area contributed by atoms with Gasteiger partial charge in [-0.25, -0.2) is 0 Å². The van der Waals surface area contributed by atoms with Crippen molar-refractivity contribution >= 4 is 17.6 Å². The maximum absolute atomic E-state index is 12.4. The zero-order valence-corrected chi connectivity index (χ0v) is 14.5. The molecule has 0 spiro atoms. The molecule has 1 aliphatic carbocycles. The summed E-state index contributed by atoms with van der Waals surface area (Å²) in [6.45, 7) is 5.51. The minimum absolute atomic E-state index is 0.0210. The molecule has 1 aliphatic rings. The Hall–Kier alpha value is -2.37. The second-order valence-corrected chi connectivity index (χ2v) is 7.25. The van der Waals surface area contributed by atoms with Gasteiger partial charge in [-0.05, 0) is 29.2 Å². The third-order valence-corrected chi connectivity index (χ3v) is 4.32. The first-order valence-corrected chi connectivity index (χ1v) is 7.93. The molecule has 0 fully saturated rings. The predicted molar refractivity (Wildman–Crippen MR) is 89.9 cm³/mol. The van der Waals surface area contributed by atoms with E-state index in [4.69, 9.17) is 10.5 Å². The van der Waals surface area contributed by atoms with Gasteiger partial charge in [0.25, 0.3) is 0 Å². The van der Waals surface area contributed by atoms with Gasteiger partial charge in [0.2, 0.25) is 11.8 Å². The number of ketones is 1. The molecule has 1 aromatic rings. The first-order chi connectivity index (χ1) is 11.1. The lowest BCUT2D eigenvalue weighted by Crippen LogP contribution is -2.52. The lowest BCUT2D eigenvalue weighted by atomic mass is 9.86. The summed E-state index contributed by atoms with van der Waals surface area (Å²) in [4.78, 5) is 36.1. The molecule has 130 valence electrons. The van der Waals surface area contributed by atoms with Crippen LogP contribution in [0, 0.1) is 5.41 Å². The summed E-state index contributed by atoms with van der Waals surface area (Å²) >= 11 is 0. The zero-order valence-electron chi connectivity index (χ0n) is 14.5. The summed E-state index contributed by atoms with van der Waals surface area (Å²) in [6, 6.07) is 4.51. The number of Topliss-reactive ketones (excluding diaryl/α,β-unsaturated/α-hetero) is 1. The number of carbonyl (C=O) groups excluding carboxylic acids is 3. The molecule has 1 aromatic carbocycles. The summed E-state index contributed by atoms with van der Waals surface area (Å²) < 4.78 is 5.20. The molecular weight excluding hydrogens is 308 g/mol. The lowest BCUT2D eigenvalue weighted by Gasteiger charge is -2.29. The molecule has 3 N–H and O–H groups in total. The van der Waals surface area contributed by atoms with Crippen LogP contribution in [0.5, 0.6) is 5.75 Å². The SMILES string of the molecule is COc1ccc2c(c1)C(CC(=O)NC(C(N)=O)C(C)(C)C)CC2=O. The Morgan fingerprint density at radius 2 is 2.04 bits per heavy atom. The molecule has 0 bridgehead atoms. The van der Waals surface area contributed by atoms with Crippen molar-refractivity contribution in [1.82, 2.24) is 5.32 Å². The van der Waals surface area contributed by atoms with Crippen molar-refractivity contribution in [2.24, 2.45) is 11.1 Å². The highest BCUT2D eigenvalue weighted by molar-refractivity contribution is 6.02. The first-order valence-electron chi connectivity index (χ1n) is 7.93. The first kappa shape index (κ1) is 18.0. The van der Waals surface area contributed by atoms with Gasteiger partial charge in [0, 0.05) is 24.3 Å². The molecule has 0 aliphatic heterocycles. The van der Waals surface area contributed by atoms with Gasteiger partial charge in [-0.1, -0.05) is 20.8 Å². The monoisotopic (exact) mass is 332 g/mol. The molecule has 0 aromatic heterocycles. The Labute approximate surface area is 141 Å². The number of nitrogens with two attached hydrogens (primary N) is 1. The van der Waals surface area contributed by atoms with Crippen LogP contribution in [-0.4, -0.2) is 30.7 Å². The van der Waals surface area contributed by atoms with Crippen LogP contribution in [0.1, 0.15) is 55.5 Å². The molecule has 2 rings (SSSR count). The topological polar surface area (TPSA) is 98.5 Å². The maximum atomic E-state index is 12.4. The van der Waals surface area contributed by atoms with Gasteiger partial charge in [-0.15, -0.1) is 0 Å². The summed E-state index contributed by atoms with van der Waals surface area (Å²) in [6.07, 6.45) is 0.415. The van der Waals surface area contributed by atoms with E-state index in [1.807, 2.05) is 20.8 Å². The van der Waals surface area contributed by atoms with Gasteiger partial charge in [0.05, 0.1) is 7.11 Å². The summed E-state index contributed by atoms with van der Waals surface area (Å²) in [5, 5.41) is 2.70. The third kappa shape index (κ3) is 3.75. The third-order valence-electron chi connectivity index (χ3n) is 4.32. The summed E-state index contributed by atoms with van der Waals surface area (Å²) in [5.41, 5.74) is 6.37.